The summed E-state index contributed by atoms with van der Waals surface area (Å²) in [6, 6.07) is 5.91. The van der Waals surface area contributed by atoms with Crippen LogP contribution in [0.15, 0.2) is 30.5 Å². The van der Waals surface area contributed by atoms with Crippen LogP contribution >= 0.6 is 11.6 Å². The fourth-order valence-electron chi connectivity index (χ4n) is 1.83. The van der Waals surface area contributed by atoms with Gasteiger partial charge in [0.15, 0.2) is 0 Å². The molecule has 0 amide bonds. The van der Waals surface area contributed by atoms with Gasteiger partial charge in [-0.3, -0.25) is 10.8 Å². The lowest BCUT2D eigenvalue weighted by molar-refractivity contribution is -0.137. The summed E-state index contributed by atoms with van der Waals surface area (Å²) in [7, 11) is 1.72. The van der Waals surface area contributed by atoms with Crippen LogP contribution < -0.4 is 16.6 Å². The van der Waals surface area contributed by atoms with Crippen molar-refractivity contribution in [2.75, 3.05) is 17.8 Å². The largest absolute Gasteiger partial charge is 0.417 e. The number of rotatable bonds is 3. The van der Waals surface area contributed by atoms with Crippen LogP contribution in [0.1, 0.15) is 5.56 Å². The quantitative estimate of drug-likeness (QED) is 0.596. The normalized spacial score (nSPS) is 11.3. The summed E-state index contributed by atoms with van der Waals surface area (Å²) in [4.78, 5) is 3.80. The molecule has 0 spiro atoms. The van der Waals surface area contributed by atoms with E-state index in [9.17, 15) is 13.2 Å². The van der Waals surface area contributed by atoms with Gasteiger partial charge in [-0.15, -0.1) is 0 Å². The monoisotopic (exact) mass is 316 g/mol. The van der Waals surface area contributed by atoms with Crippen molar-refractivity contribution in [2.45, 2.75) is 6.18 Å². The molecule has 2 aromatic rings. The lowest BCUT2D eigenvalue weighted by Crippen LogP contribution is -2.09. The van der Waals surface area contributed by atoms with Crippen molar-refractivity contribution >= 4 is 23.0 Å². The van der Waals surface area contributed by atoms with E-state index in [1.165, 1.54) is 0 Å². The zero-order chi connectivity index (χ0) is 15.6. The minimum Gasteiger partial charge on any atom is -0.386 e. The topological polar surface area (TPSA) is 63.0 Å². The van der Waals surface area contributed by atoms with Gasteiger partial charge in [-0.2, -0.15) is 13.2 Å². The Balaban J connectivity index is 2.48. The second kappa shape index (κ2) is 5.79. The number of aromatic nitrogens is 1. The number of nitrogens with one attached hydrogen (secondary N) is 2. The number of hydrogen-bond acceptors (Lipinski definition) is 4. The Morgan fingerprint density at radius 3 is 2.43 bits per heavy atom. The van der Waals surface area contributed by atoms with Gasteiger partial charge in [-0.05, 0) is 18.2 Å². The zero-order valence-electron chi connectivity index (χ0n) is 10.9. The van der Waals surface area contributed by atoms with Crippen LogP contribution in [0.2, 0.25) is 5.02 Å². The standard InChI is InChI=1S/C13H12ClF3N4/c1-19-10-3-2-7(4-11(10)21-18)12-9(14)5-8(6-20-12)13(15,16)17/h2-6,19,21H,18H2,1H3. The van der Waals surface area contributed by atoms with E-state index in [-0.39, 0.29) is 10.7 Å². The van der Waals surface area contributed by atoms with Crippen LogP contribution in [0.25, 0.3) is 11.3 Å². The highest BCUT2D eigenvalue weighted by Crippen LogP contribution is 2.35. The fourth-order valence-corrected chi connectivity index (χ4v) is 2.11. The summed E-state index contributed by atoms with van der Waals surface area (Å²) in [5.41, 5.74) is 3.74. The number of pyridine rings is 1. The predicted molar refractivity (Wildman–Crippen MR) is 77.0 cm³/mol. The second-order valence-electron chi connectivity index (χ2n) is 4.21. The molecule has 0 aliphatic rings. The molecular formula is C13H12ClF3N4. The van der Waals surface area contributed by atoms with Crippen LogP contribution in [0.3, 0.4) is 0 Å². The Labute approximate surface area is 124 Å². The molecule has 0 aliphatic heterocycles. The number of alkyl halides is 3. The van der Waals surface area contributed by atoms with Crippen molar-refractivity contribution in [3.63, 3.8) is 0 Å². The van der Waals surface area contributed by atoms with Crippen molar-refractivity contribution < 1.29 is 13.2 Å². The third-order valence-corrected chi connectivity index (χ3v) is 3.17. The Bertz CT molecular complexity index is 658. The SMILES string of the molecule is CNc1ccc(-c2ncc(C(F)(F)F)cc2Cl)cc1NN. The molecule has 1 aromatic carbocycles. The van der Waals surface area contributed by atoms with E-state index in [0.29, 0.717) is 11.3 Å². The van der Waals surface area contributed by atoms with E-state index >= 15 is 0 Å². The Morgan fingerprint density at radius 2 is 1.90 bits per heavy atom. The predicted octanol–water partition coefficient (Wildman–Crippen LogP) is 3.75. The molecule has 1 aromatic heterocycles. The minimum absolute atomic E-state index is 0.0787. The third-order valence-electron chi connectivity index (χ3n) is 2.89. The average Bonchev–Trinajstić information content (AvgIpc) is 2.45. The van der Waals surface area contributed by atoms with Crippen molar-refractivity contribution in [1.82, 2.24) is 4.98 Å². The van der Waals surface area contributed by atoms with Gasteiger partial charge < -0.3 is 10.7 Å². The molecule has 4 nitrogen and oxygen atoms in total. The number of nitrogen functional groups attached to an aromatic ring is 1. The zero-order valence-corrected chi connectivity index (χ0v) is 11.7. The van der Waals surface area contributed by atoms with Crippen LogP contribution in [0.5, 0.6) is 0 Å². The van der Waals surface area contributed by atoms with Crippen LogP contribution in [0.4, 0.5) is 24.5 Å². The molecule has 21 heavy (non-hydrogen) atoms. The number of anilines is 2. The lowest BCUT2D eigenvalue weighted by Gasteiger charge is -2.12. The summed E-state index contributed by atoms with van der Waals surface area (Å²) in [5.74, 6) is 5.40. The lowest BCUT2D eigenvalue weighted by atomic mass is 10.1. The highest BCUT2D eigenvalue weighted by atomic mass is 35.5. The number of nitrogens with zero attached hydrogens (tertiary/aromatic N) is 1. The summed E-state index contributed by atoms with van der Waals surface area (Å²) in [5, 5.41) is 2.85. The molecule has 0 saturated carbocycles. The van der Waals surface area contributed by atoms with Gasteiger partial charge in [0.1, 0.15) is 0 Å². The van der Waals surface area contributed by atoms with Gasteiger partial charge in [0.2, 0.25) is 0 Å². The van der Waals surface area contributed by atoms with Crippen LogP contribution in [-0.4, -0.2) is 12.0 Å². The average molecular weight is 317 g/mol. The van der Waals surface area contributed by atoms with Crippen molar-refractivity contribution in [1.29, 1.82) is 0 Å². The molecule has 0 aliphatic carbocycles. The van der Waals surface area contributed by atoms with Gasteiger partial charge in [0, 0.05) is 18.8 Å². The minimum atomic E-state index is -4.48. The first kappa shape index (κ1) is 15.4. The molecule has 0 saturated heterocycles. The molecule has 2 rings (SSSR count). The molecule has 0 fully saturated rings. The number of hydrazine groups is 1. The van der Waals surface area contributed by atoms with E-state index < -0.39 is 11.7 Å². The summed E-state index contributed by atoms with van der Waals surface area (Å²) >= 11 is 5.91. The summed E-state index contributed by atoms with van der Waals surface area (Å²) < 4.78 is 37.8. The van der Waals surface area contributed by atoms with E-state index in [0.717, 1.165) is 18.0 Å². The van der Waals surface area contributed by atoms with Crippen molar-refractivity contribution in [3.8, 4) is 11.3 Å². The number of hydrogen-bond donors (Lipinski definition) is 3. The molecule has 112 valence electrons. The molecular weight excluding hydrogens is 305 g/mol. The van der Waals surface area contributed by atoms with Crippen molar-refractivity contribution in [2.24, 2.45) is 5.84 Å². The van der Waals surface area contributed by atoms with E-state index in [1.54, 1.807) is 25.2 Å². The van der Waals surface area contributed by atoms with Gasteiger partial charge >= 0.3 is 6.18 Å². The molecule has 1 heterocycles. The number of benzene rings is 1. The molecule has 8 heteroatoms. The smallest absolute Gasteiger partial charge is 0.386 e. The molecule has 0 bridgehead atoms. The van der Waals surface area contributed by atoms with Gasteiger partial charge in [-0.1, -0.05) is 17.7 Å². The molecule has 0 radical (unpaired) electrons. The maximum atomic E-state index is 12.6. The first-order valence-corrected chi connectivity index (χ1v) is 6.26. The van der Waals surface area contributed by atoms with Gasteiger partial charge in [0.05, 0.1) is 27.7 Å². The Morgan fingerprint density at radius 1 is 1.19 bits per heavy atom. The summed E-state index contributed by atoms with van der Waals surface area (Å²) in [6.07, 6.45) is -3.72. The Hall–Kier alpha value is -1.99. The maximum Gasteiger partial charge on any atom is 0.417 e. The van der Waals surface area contributed by atoms with E-state index in [1.807, 2.05) is 0 Å². The second-order valence-corrected chi connectivity index (χ2v) is 4.61. The summed E-state index contributed by atoms with van der Waals surface area (Å²) in [6.45, 7) is 0. The highest BCUT2D eigenvalue weighted by molar-refractivity contribution is 6.33. The Kier molecular flexibility index (Phi) is 4.24. The maximum absolute atomic E-state index is 12.6. The first-order valence-electron chi connectivity index (χ1n) is 5.88. The molecule has 4 N–H and O–H groups in total. The fraction of sp³-hybridized carbons (Fsp3) is 0.154. The number of halogens is 4. The number of nitrogens with two attached hydrogens (primary N) is 1. The highest BCUT2D eigenvalue weighted by Gasteiger charge is 2.31. The van der Waals surface area contributed by atoms with Gasteiger partial charge in [0.25, 0.3) is 0 Å². The first-order chi connectivity index (χ1) is 9.86. The van der Waals surface area contributed by atoms with Crippen molar-refractivity contribution in [3.05, 3.63) is 41.0 Å². The van der Waals surface area contributed by atoms with E-state index in [4.69, 9.17) is 17.4 Å². The van der Waals surface area contributed by atoms with Crippen LogP contribution in [0, 0.1) is 0 Å². The van der Waals surface area contributed by atoms with Gasteiger partial charge in [-0.25, -0.2) is 0 Å². The third kappa shape index (κ3) is 3.20. The van der Waals surface area contributed by atoms with E-state index in [2.05, 4.69) is 15.7 Å². The molecule has 0 atom stereocenters. The van der Waals surface area contributed by atoms with Crippen LogP contribution in [-0.2, 0) is 6.18 Å². The molecule has 0 unspecified atom stereocenters.